The van der Waals surface area contributed by atoms with Crippen molar-refractivity contribution < 1.29 is 0 Å². The summed E-state index contributed by atoms with van der Waals surface area (Å²) in [6, 6.07) is 11.1. The summed E-state index contributed by atoms with van der Waals surface area (Å²) in [6.45, 7) is 2.32. The van der Waals surface area contributed by atoms with Crippen molar-refractivity contribution in [3.05, 3.63) is 35.9 Å². The molecule has 0 bridgehead atoms. The highest BCUT2D eigenvalue weighted by Gasteiger charge is 2.19. The third kappa shape index (κ3) is 5.38. The van der Waals surface area contributed by atoms with E-state index >= 15 is 0 Å². The van der Waals surface area contributed by atoms with Gasteiger partial charge in [-0.15, -0.1) is 0 Å². The largest absolute Gasteiger partial charge is 0.0654 e. The van der Waals surface area contributed by atoms with Crippen LogP contribution in [0.25, 0.3) is 0 Å². The second-order valence-corrected chi connectivity index (χ2v) is 6.44. The first-order valence-electron chi connectivity index (χ1n) is 8.42. The molecule has 0 heterocycles. The fraction of sp³-hybridized carbons (Fsp3) is 0.684. The van der Waals surface area contributed by atoms with Gasteiger partial charge in [-0.1, -0.05) is 88.6 Å². The molecule has 0 saturated heterocycles. The maximum atomic E-state index is 2.32. The number of benzene rings is 1. The van der Waals surface area contributed by atoms with E-state index in [9.17, 15) is 0 Å². The quantitative estimate of drug-likeness (QED) is 0.562. The smallest absolute Gasteiger partial charge is 0.0250 e. The summed E-state index contributed by atoms with van der Waals surface area (Å²) in [5.74, 6) is 1.95. The molecule has 0 aliphatic heterocycles. The van der Waals surface area contributed by atoms with Crippen molar-refractivity contribution in [2.75, 3.05) is 0 Å². The van der Waals surface area contributed by atoms with Crippen molar-refractivity contribution in [1.82, 2.24) is 0 Å². The van der Waals surface area contributed by atoms with Crippen molar-refractivity contribution >= 4 is 0 Å². The minimum Gasteiger partial charge on any atom is -0.0654 e. The van der Waals surface area contributed by atoms with Gasteiger partial charge in [0.1, 0.15) is 0 Å². The Hall–Kier alpha value is -0.780. The molecule has 0 N–H and O–H groups in total. The molecule has 0 nitrogen and oxygen atoms in total. The number of hydrogen-bond donors (Lipinski definition) is 0. The van der Waals surface area contributed by atoms with Crippen LogP contribution in [0.3, 0.4) is 0 Å². The average molecular weight is 258 g/mol. The van der Waals surface area contributed by atoms with Crippen molar-refractivity contribution in [3.8, 4) is 0 Å². The first kappa shape index (κ1) is 14.6. The first-order chi connectivity index (χ1) is 9.38. The van der Waals surface area contributed by atoms with Gasteiger partial charge in [0, 0.05) is 0 Å². The van der Waals surface area contributed by atoms with E-state index in [1.165, 1.54) is 64.2 Å². The molecule has 1 aromatic rings. The highest BCUT2D eigenvalue weighted by molar-refractivity contribution is 5.15. The van der Waals surface area contributed by atoms with Crippen LogP contribution in [0.2, 0.25) is 0 Å². The first-order valence-corrected chi connectivity index (χ1v) is 8.42. The Kier molecular flexibility index (Phi) is 6.47. The molecular formula is C19H30. The SMILES string of the molecule is CCCCC(Cc1ccccc1)CC1CCCCC1. The Bertz CT molecular complexity index is 321. The van der Waals surface area contributed by atoms with E-state index in [1.54, 1.807) is 5.56 Å². The lowest BCUT2D eigenvalue weighted by atomic mass is 9.79. The maximum Gasteiger partial charge on any atom is -0.0250 e. The van der Waals surface area contributed by atoms with Gasteiger partial charge in [0.15, 0.2) is 0 Å². The summed E-state index contributed by atoms with van der Waals surface area (Å²) in [6.07, 6.45) is 14.4. The molecule has 0 radical (unpaired) electrons. The van der Waals surface area contributed by atoms with Crippen molar-refractivity contribution in [1.29, 1.82) is 0 Å². The van der Waals surface area contributed by atoms with Gasteiger partial charge < -0.3 is 0 Å². The molecule has 19 heavy (non-hydrogen) atoms. The predicted octanol–water partition coefficient (Wildman–Crippen LogP) is 6.01. The number of rotatable bonds is 7. The third-order valence-corrected chi connectivity index (χ3v) is 4.72. The third-order valence-electron chi connectivity index (χ3n) is 4.72. The van der Waals surface area contributed by atoms with E-state index in [1.807, 2.05) is 0 Å². The van der Waals surface area contributed by atoms with Gasteiger partial charge in [0.25, 0.3) is 0 Å². The summed E-state index contributed by atoms with van der Waals surface area (Å²) < 4.78 is 0. The molecule has 1 aromatic carbocycles. The van der Waals surface area contributed by atoms with E-state index in [0.717, 1.165) is 11.8 Å². The van der Waals surface area contributed by atoms with Gasteiger partial charge in [0.2, 0.25) is 0 Å². The van der Waals surface area contributed by atoms with Crippen LogP contribution in [-0.4, -0.2) is 0 Å². The Morgan fingerprint density at radius 3 is 2.47 bits per heavy atom. The van der Waals surface area contributed by atoms with Gasteiger partial charge >= 0.3 is 0 Å². The summed E-state index contributed by atoms with van der Waals surface area (Å²) >= 11 is 0. The molecule has 0 amide bonds. The molecule has 1 unspecified atom stereocenters. The Labute approximate surface area is 119 Å². The van der Waals surface area contributed by atoms with E-state index in [2.05, 4.69) is 37.3 Å². The van der Waals surface area contributed by atoms with Crippen LogP contribution < -0.4 is 0 Å². The van der Waals surface area contributed by atoms with E-state index in [0.29, 0.717) is 0 Å². The number of hydrogen-bond acceptors (Lipinski definition) is 0. The fourth-order valence-electron chi connectivity index (χ4n) is 3.64. The van der Waals surface area contributed by atoms with Gasteiger partial charge in [-0.05, 0) is 30.2 Å². The molecule has 1 fully saturated rings. The summed E-state index contributed by atoms with van der Waals surface area (Å²) in [7, 11) is 0. The Morgan fingerprint density at radius 2 is 1.79 bits per heavy atom. The Morgan fingerprint density at radius 1 is 1.05 bits per heavy atom. The molecular weight excluding hydrogens is 228 g/mol. The van der Waals surface area contributed by atoms with Crippen molar-refractivity contribution in [3.63, 3.8) is 0 Å². The van der Waals surface area contributed by atoms with Crippen LogP contribution in [-0.2, 0) is 6.42 Å². The molecule has 106 valence electrons. The average Bonchev–Trinajstić information content (AvgIpc) is 2.47. The lowest BCUT2D eigenvalue weighted by Crippen LogP contribution is -2.14. The molecule has 1 saturated carbocycles. The molecule has 1 atom stereocenters. The fourth-order valence-corrected chi connectivity index (χ4v) is 3.64. The standard InChI is InChI=1S/C19H30/c1-2-3-10-19(15-17-11-6-4-7-12-17)16-18-13-8-5-9-14-18/h4,6-7,11-12,18-19H,2-3,5,8-10,13-16H2,1H3. The topological polar surface area (TPSA) is 0 Å². The molecule has 0 spiro atoms. The second kappa shape index (κ2) is 8.40. The lowest BCUT2D eigenvalue weighted by molar-refractivity contribution is 0.274. The highest BCUT2D eigenvalue weighted by atomic mass is 14.2. The molecule has 1 aliphatic rings. The zero-order valence-electron chi connectivity index (χ0n) is 12.6. The second-order valence-electron chi connectivity index (χ2n) is 6.44. The van der Waals surface area contributed by atoms with Crippen LogP contribution in [0.1, 0.15) is 70.3 Å². The van der Waals surface area contributed by atoms with Crippen LogP contribution in [0, 0.1) is 11.8 Å². The Balaban J connectivity index is 1.87. The molecule has 1 aliphatic carbocycles. The summed E-state index contributed by atoms with van der Waals surface area (Å²) in [4.78, 5) is 0. The van der Waals surface area contributed by atoms with Crippen LogP contribution in [0.4, 0.5) is 0 Å². The molecule has 0 aromatic heterocycles. The monoisotopic (exact) mass is 258 g/mol. The van der Waals surface area contributed by atoms with Crippen molar-refractivity contribution in [2.45, 2.75) is 71.1 Å². The van der Waals surface area contributed by atoms with Gasteiger partial charge in [-0.25, -0.2) is 0 Å². The van der Waals surface area contributed by atoms with Crippen LogP contribution in [0.5, 0.6) is 0 Å². The number of unbranched alkanes of at least 4 members (excludes halogenated alkanes) is 1. The van der Waals surface area contributed by atoms with Crippen LogP contribution >= 0.6 is 0 Å². The normalized spacial score (nSPS) is 18.4. The zero-order valence-corrected chi connectivity index (χ0v) is 12.6. The maximum absolute atomic E-state index is 2.32. The van der Waals surface area contributed by atoms with Crippen LogP contribution in [0.15, 0.2) is 30.3 Å². The van der Waals surface area contributed by atoms with E-state index < -0.39 is 0 Å². The van der Waals surface area contributed by atoms with Gasteiger partial charge in [0.05, 0.1) is 0 Å². The molecule has 2 rings (SSSR count). The van der Waals surface area contributed by atoms with E-state index in [-0.39, 0.29) is 0 Å². The van der Waals surface area contributed by atoms with Crippen molar-refractivity contribution in [2.24, 2.45) is 11.8 Å². The summed E-state index contributed by atoms with van der Waals surface area (Å²) in [5.41, 5.74) is 1.54. The van der Waals surface area contributed by atoms with E-state index in [4.69, 9.17) is 0 Å². The predicted molar refractivity (Wildman–Crippen MR) is 84.4 cm³/mol. The summed E-state index contributed by atoms with van der Waals surface area (Å²) in [5, 5.41) is 0. The highest BCUT2D eigenvalue weighted by Crippen LogP contribution is 2.32. The minimum absolute atomic E-state index is 0.922. The van der Waals surface area contributed by atoms with Gasteiger partial charge in [-0.3, -0.25) is 0 Å². The zero-order chi connectivity index (χ0) is 13.3. The minimum atomic E-state index is 0.922. The van der Waals surface area contributed by atoms with Gasteiger partial charge in [-0.2, -0.15) is 0 Å². The lowest BCUT2D eigenvalue weighted by Gasteiger charge is -2.26. The molecule has 0 heteroatoms.